The van der Waals surface area contributed by atoms with Crippen LogP contribution in [0.25, 0.3) is 0 Å². The van der Waals surface area contributed by atoms with E-state index in [0.29, 0.717) is 19.6 Å². The fourth-order valence-corrected chi connectivity index (χ4v) is 1.74. The van der Waals surface area contributed by atoms with Crippen LogP contribution >= 0.6 is 0 Å². The summed E-state index contributed by atoms with van der Waals surface area (Å²) in [6.45, 7) is 10.1. The summed E-state index contributed by atoms with van der Waals surface area (Å²) in [6.07, 6.45) is 7.23. The topological polar surface area (TPSA) is 58.4 Å². The van der Waals surface area contributed by atoms with Gasteiger partial charge in [-0.2, -0.15) is 0 Å². The Hall–Kier alpha value is -2.30. The van der Waals surface area contributed by atoms with Crippen molar-refractivity contribution in [2.24, 2.45) is 4.99 Å². The summed E-state index contributed by atoms with van der Waals surface area (Å²) in [6, 6.07) is 5.21. The molecule has 2 N–H and O–H groups in total. The molecular formula is C16H24N4O. The van der Waals surface area contributed by atoms with Gasteiger partial charge in [-0.1, -0.05) is 18.2 Å². The van der Waals surface area contributed by atoms with Gasteiger partial charge < -0.3 is 15.2 Å². The Morgan fingerprint density at radius 3 is 2.52 bits per heavy atom. The highest BCUT2D eigenvalue weighted by Gasteiger charge is 1.96. The van der Waals surface area contributed by atoms with Crippen molar-refractivity contribution >= 4 is 5.96 Å². The molecule has 1 heterocycles. The third-order valence-corrected chi connectivity index (χ3v) is 2.80. The zero-order chi connectivity index (χ0) is 15.3. The lowest BCUT2D eigenvalue weighted by atomic mass is 10.3. The smallest absolute Gasteiger partial charge is 0.250 e. The molecule has 114 valence electrons. The summed E-state index contributed by atoms with van der Waals surface area (Å²) in [5.41, 5.74) is 0.0435. The maximum Gasteiger partial charge on any atom is 0.250 e. The monoisotopic (exact) mass is 288 g/mol. The zero-order valence-electron chi connectivity index (χ0n) is 12.4. The number of aromatic nitrogens is 1. The number of unbranched alkanes of at least 4 members (excludes halogenated alkanes) is 1. The summed E-state index contributed by atoms with van der Waals surface area (Å²) >= 11 is 0. The molecule has 0 spiro atoms. The van der Waals surface area contributed by atoms with Crippen LogP contribution in [0, 0.1) is 0 Å². The molecule has 1 aromatic heterocycles. The first kappa shape index (κ1) is 16.8. The molecule has 0 amide bonds. The van der Waals surface area contributed by atoms with Crippen LogP contribution in [0.2, 0.25) is 0 Å². The van der Waals surface area contributed by atoms with E-state index in [1.165, 1.54) is 0 Å². The summed E-state index contributed by atoms with van der Waals surface area (Å²) in [5, 5.41) is 6.28. The van der Waals surface area contributed by atoms with Crippen LogP contribution < -0.4 is 16.2 Å². The van der Waals surface area contributed by atoms with Gasteiger partial charge in [0, 0.05) is 38.4 Å². The van der Waals surface area contributed by atoms with Gasteiger partial charge in [0.15, 0.2) is 5.96 Å². The average molecular weight is 288 g/mol. The second-order valence-corrected chi connectivity index (χ2v) is 4.51. The molecule has 1 rings (SSSR count). The predicted octanol–water partition coefficient (Wildman–Crippen LogP) is 1.54. The van der Waals surface area contributed by atoms with Gasteiger partial charge in [0.1, 0.15) is 0 Å². The van der Waals surface area contributed by atoms with Gasteiger partial charge in [0.25, 0.3) is 0 Å². The molecule has 0 aliphatic rings. The Morgan fingerprint density at radius 1 is 1.19 bits per heavy atom. The molecule has 0 aromatic carbocycles. The van der Waals surface area contributed by atoms with Crippen LogP contribution in [0.5, 0.6) is 0 Å². The van der Waals surface area contributed by atoms with Crippen molar-refractivity contribution in [3.05, 3.63) is 60.1 Å². The number of hydrogen-bond acceptors (Lipinski definition) is 2. The Morgan fingerprint density at radius 2 is 1.90 bits per heavy atom. The van der Waals surface area contributed by atoms with Gasteiger partial charge in [-0.15, -0.1) is 13.2 Å². The van der Waals surface area contributed by atoms with Crippen LogP contribution in [0.15, 0.2) is 59.5 Å². The first-order valence-electron chi connectivity index (χ1n) is 7.17. The van der Waals surface area contributed by atoms with Gasteiger partial charge in [-0.05, 0) is 18.9 Å². The number of nitrogens with zero attached hydrogens (tertiary/aromatic N) is 2. The van der Waals surface area contributed by atoms with E-state index in [0.717, 1.165) is 25.3 Å². The van der Waals surface area contributed by atoms with Crippen LogP contribution in [-0.2, 0) is 6.54 Å². The zero-order valence-corrected chi connectivity index (χ0v) is 12.4. The SMILES string of the molecule is C=CCNC(=NCCCCn1ccccc1=O)NCC=C. The maximum atomic E-state index is 11.5. The van der Waals surface area contributed by atoms with E-state index >= 15 is 0 Å². The second kappa shape index (κ2) is 10.5. The fraction of sp³-hybridized carbons (Fsp3) is 0.375. The first-order chi connectivity index (χ1) is 10.3. The summed E-state index contributed by atoms with van der Waals surface area (Å²) in [7, 11) is 0. The van der Waals surface area contributed by atoms with Crippen LogP contribution in [0.1, 0.15) is 12.8 Å². The lowest BCUT2D eigenvalue weighted by molar-refractivity contribution is 0.598. The van der Waals surface area contributed by atoms with Crippen LogP contribution in [-0.4, -0.2) is 30.2 Å². The van der Waals surface area contributed by atoms with Crippen molar-refractivity contribution in [1.82, 2.24) is 15.2 Å². The number of aliphatic imine (C=N–C) groups is 1. The highest BCUT2D eigenvalue weighted by Crippen LogP contribution is 1.94. The second-order valence-electron chi connectivity index (χ2n) is 4.51. The fourth-order valence-electron chi connectivity index (χ4n) is 1.74. The molecule has 0 saturated heterocycles. The van der Waals surface area contributed by atoms with Crippen molar-refractivity contribution in [2.75, 3.05) is 19.6 Å². The predicted molar refractivity (Wildman–Crippen MR) is 88.6 cm³/mol. The van der Waals surface area contributed by atoms with E-state index in [-0.39, 0.29) is 5.56 Å². The van der Waals surface area contributed by atoms with Crippen LogP contribution in [0.3, 0.4) is 0 Å². The maximum absolute atomic E-state index is 11.5. The summed E-state index contributed by atoms with van der Waals surface area (Å²) < 4.78 is 1.72. The number of rotatable bonds is 9. The molecule has 5 heteroatoms. The Balaban J connectivity index is 2.33. The number of nitrogens with one attached hydrogen (secondary N) is 2. The van der Waals surface area contributed by atoms with Crippen molar-refractivity contribution in [2.45, 2.75) is 19.4 Å². The third kappa shape index (κ3) is 7.15. The van der Waals surface area contributed by atoms with E-state index in [2.05, 4.69) is 28.8 Å². The van der Waals surface area contributed by atoms with Gasteiger partial charge in [-0.25, -0.2) is 0 Å². The molecule has 0 saturated carbocycles. The molecule has 0 unspecified atom stereocenters. The summed E-state index contributed by atoms with van der Waals surface area (Å²) in [4.78, 5) is 16.0. The normalized spacial score (nSPS) is 9.71. The Bertz CT molecular complexity index is 505. The highest BCUT2D eigenvalue weighted by molar-refractivity contribution is 5.80. The number of guanidine groups is 1. The van der Waals surface area contributed by atoms with Crippen molar-refractivity contribution in [1.29, 1.82) is 0 Å². The molecule has 0 aliphatic heterocycles. The van der Waals surface area contributed by atoms with E-state index < -0.39 is 0 Å². The molecule has 21 heavy (non-hydrogen) atoms. The Labute approximate surface area is 126 Å². The van der Waals surface area contributed by atoms with Gasteiger partial charge in [0.2, 0.25) is 5.56 Å². The van der Waals surface area contributed by atoms with Gasteiger partial charge in [0.05, 0.1) is 0 Å². The van der Waals surface area contributed by atoms with Gasteiger partial charge in [-0.3, -0.25) is 9.79 Å². The molecule has 5 nitrogen and oxygen atoms in total. The molecule has 0 fully saturated rings. The first-order valence-corrected chi connectivity index (χ1v) is 7.17. The van der Waals surface area contributed by atoms with Gasteiger partial charge >= 0.3 is 0 Å². The van der Waals surface area contributed by atoms with E-state index in [1.54, 1.807) is 28.9 Å². The number of pyridine rings is 1. The van der Waals surface area contributed by atoms with Crippen molar-refractivity contribution < 1.29 is 0 Å². The molecule has 1 aromatic rings. The lowest BCUT2D eigenvalue weighted by Gasteiger charge is -2.09. The van der Waals surface area contributed by atoms with Crippen LogP contribution in [0.4, 0.5) is 0 Å². The average Bonchev–Trinajstić information content (AvgIpc) is 2.50. The van der Waals surface area contributed by atoms with E-state index in [1.807, 2.05) is 12.3 Å². The third-order valence-electron chi connectivity index (χ3n) is 2.80. The molecule has 0 bridgehead atoms. The standard InChI is InChI=1S/C16H24N4O/c1-3-10-17-16(18-11-4-2)19-12-6-8-14-20-13-7-5-9-15(20)21/h3-5,7,9,13H,1-2,6,8,10-12,14H2,(H2,17,18,19). The minimum Gasteiger partial charge on any atom is -0.353 e. The van der Waals surface area contributed by atoms with Crippen molar-refractivity contribution in [3.8, 4) is 0 Å². The molecule has 0 atom stereocenters. The number of aryl methyl sites for hydroxylation is 1. The minimum absolute atomic E-state index is 0.0435. The van der Waals surface area contributed by atoms with E-state index in [4.69, 9.17) is 0 Å². The summed E-state index contributed by atoms with van der Waals surface area (Å²) in [5.74, 6) is 0.756. The van der Waals surface area contributed by atoms with Crippen molar-refractivity contribution in [3.63, 3.8) is 0 Å². The minimum atomic E-state index is 0.0435. The highest BCUT2D eigenvalue weighted by atomic mass is 16.1. The lowest BCUT2D eigenvalue weighted by Crippen LogP contribution is -2.37. The largest absolute Gasteiger partial charge is 0.353 e. The quantitative estimate of drug-likeness (QED) is 0.314. The van der Waals surface area contributed by atoms with E-state index in [9.17, 15) is 4.79 Å². The number of hydrogen-bond donors (Lipinski definition) is 2. The Kier molecular flexibility index (Phi) is 8.36. The molecule has 0 radical (unpaired) electrons. The molecular weight excluding hydrogens is 264 g/mol. The molecule has 0 aliphatic carbocycles.